The van der Waals surface area contributed by atoms with Gasteiger partial charge in [-0.05, 0) is 18.6 Å². The number of hydrogen-bond acceptors (Lipinski definition) is 6. The Morgan fingerprint density at radius 3 is 2.73 bits per heavy atom. The Morgan fingerprint density at radius 2 is 1.97 bits per heavy atom. The third-order valence-electron chi connectivity index (χ3n) is 4.45. The molecule has 1 aromatic carbocycles. The maximum atomic E-state index is 14.2. The van der Waals surface area contributed by atoms with Gasteiger partial charge in [0.1, 0.15) is 23.5 Å². The minimum absolute atomic E-state index is 0.0973. The van der Waals surface area contributed by atoms with Crippen LogP contribution >= 0.6 is 0 Å². The van der Waals surface area contributed by atoms with E-state index >= 15 is 0 Å². The summed E-state index contributed by atoms with van der Waals surface area (Å²) < 4.78 is 34.8. The van der Waals surface area contributed by atoms with Crippen LogP contribution in [0.3, 0.4) is 0 Å². The number of aromatic nitrogens is 5. The van der Waals surface area contributed by atoms with Crippen molar-refractivity contribution in [2.45, 2.75) is 19.4 Å². The molecule has 9 heteroatoms. The van der Waals surface area contributed by atoms with E-state index in [9.17, 15) is 8.78 Å². The highest BCUT2D eigenvalue weighted by molar-refractivity contribution is 5.63. The van der Waals surface area contributed by atoms with Gasteiger partial charge in [-0.3, -0.25) is 4.68 Å². The summed E-state index contributed by atoms with van der Waals surface area (Å²) in [5.74, 6) is -0.549. The van der Waals surface area contributed by atoms with Crippen molar-refractivity contribution < 1.29 is 13.3 Å². The fourth-order valence-corrected chi connectivity index (χ4v) is 2.93. The molecule has 0 unspecified atom stereocenters. The monoisotopic (exact) mass is 409 g/mol. The summed E-state index contributed by atoms with van der Waals surface area (Å²) >= 11 is 0. The molecule has 7 nitrogen and oxygen atoms in total. The molecule has 0 atom stereocenters. The number of unbranched alkanes of at least 4 members (excludes halogenated alkanes) is 1. The number of benzene rings is 1. The summed E-state index contributed by atoms with van der Waals surface area (Å²) in [6, 6.07) is 9.85. The van der Waals surface area contributed by atoms with Gasteiger partial charge in [-0.25, -0.2) is 18.7 Å². The number of halogens is 2. The van der Waals surface area contributed by atoms with Crippen molar-refractivity contribution in [2.75, 3.05) is 11.9 Å². The standard InChI is InChI=1S/C21H19F2N6O/c1-2-3-9-24-20-16(23)12-25-21(26-20)18-11-19(17-8-10-30-28-17)29(27-18)13-14-6-4-5-7-15(14)22/h4-8,10-12H,1-3,9,13H2,(H,24,25,26). The van der Waals surface area contributed by atoms with Crippen LogP contribution in [0.4, 0.5) is 14.6 Å². The van der Waals surface area contributed by atoms with E-state index < -0.39 is 5.82 Å². The van der Waals surface area contributed by atoms with Crippen LogP contribution < -0.4 is 5.32 Å². The highest BCUT2D eigenvalue weighted by Crippen LogP contribution is 2.25. The van der Waals surface area contributed by atoms with Gasteiger partial charge in [-0.2, -0.15) is 5.10 Å². The first-order valence-electron chi connectivity index (χ1n) is 9.43. The first kappa shape index (κ1) is 19.7. The van der Waals surface area contributed by atoms with E-state index in [4.69, 9.17) is 4.52 Å². The van der Waals surface area contributed by atoms with Crippen LogP contribution in [0.2, 0.25) is 0 Å². The fraction of sp³-hybridized carbons (Fsp3) is 0.190. The zero-order valence-electron chi connectivity index (χ0n) is 16.1. The summed E-state index contributed by atoms with van der Waals surface area (Å²) in [5.41, 5.74) is 2.00. The molecule has 0 spiro atoms. The molecule has 1 N–H and O–H groups in total. The van der Waals surface area contributed by atoms with Gasteiger partial charge in [0.25, 0.3) is 0 Å². The second-order valence-electron chi connectivity index (χ2n) is 6.57. The van der Waals surface area contributed by atoms with Crippen LogP contribution in [-0.2, 0) is 6.54 Å². The van der Waals surface area contributed by atoms with E-state index in [-0.39, 0.29) is 24.0 Å². The summed E-state index contributed by atoms with van der Waals surface area (Å²) in [6.45, 7) is 4.48. The highest BCUT2D eigenvalue weighted by atomic mass is 19.1. The number of nitrogens with one attached hydrogen (secondary N) is 1. The van der Waals surface area contributed by atoms with Gasteiger partial charge in [0.15, 0.2) is 17.5 Å². The zero-order chi connectivity index (χ0) is 20.9. The summed E-state index contributed by atoms with van der Waals surface area (Å²) in [4.78, 5) is 8.33. The van der Waals surface area contributed by atoms with E-state index in [0.29, 0.717) is 29.2 Å². The van der Waals surface area contributed by atoms with Crippen LogP contribution in [0, 0.1) is 18.6 Å². The number of anilines is 1. The number of hydrogen-bond donors (Lipinski definition) is 1. The summed E-state index contributed by atoms with van der Waals surface area (Å²) in [6.07, 6.45) is 4.05. The van der Waals surface area contributed by atoms with Gasteiger partial charge < -0.3 is 9.84 Å². The van der Waals surface area contributed by atoms with Gasteiger partial charge in [0.05, 0.1) is 18.4 Å². The molecule has 4 aromatic rings. The predicted molar refractivity (Wildman–Crippen MR) is 107 cm³/mol. The Balaban J connectivity index is 1.71. The predicted octanol–water partition coefficient (Wildman–Crippen LogP) is 4.35. The summed E-state index contributed by atoms with van der Waals surface area (Å²) in [7, 11) is 0. The van der Waals surface area contributed by atoms with Crippen LogP contribution in [0.25, 0.3) is 22.9 Å². The molecule has 0 fully saturated rings. The molecular weight excluding hydrogens is 390 g/mol. The highest BCUT2D eigenvalue weighted by Gasteiger charge is 2.18. The molecule has 0 aliphatic heterocycles. The molecule has 3 heterocycles. The normalized spacial score (nSPS) is 11.0. The third kappa shape index (κ3) is 4.19. The average molecular weight is 409 g/mol. The van der Waals surface area contributed by atoms with E-state index in [0.717, 1.165) is 19.0 Å². The van der Waals surface area contributed by atoms with E-state index in [1.165, 1.54) is 12.3 Å². The number of rotatable bonds is 8. The van der Waals surface area contributed by atoms with Crippen molar-refractivity contribution in [3.63, 3.8) is 0 Å². The first-order chi connectivity index (χ1) is 14.7. The van der Waals surface area contributed by atoms with Crippen molar-refractivity contribution in [1.29, 1.82) is 0 Å². The van der Waals surface area contributed by atoms with Crippen molar-refractivity contribution in [2.24, 2.45) is 0 Å². The summed E-state index contributed by atoms with van der Waals surface area (Å²) in [5, 5.41) is 11.4. The maximum absolute atomic E-state index is 14.2. The van der Waals surface area contributed by atoms with Crippen LogP contribution in [-0.4, -0.2) is 31.4 Å². The van der Waals surface area contributed by atoms with E-state index in [1.807, 2.05) is 0 Å². The van der Waals surface area contributed by atoms with E-state index in [2.05, 4.69) is 32.5 Å². The minimum Gasteiger partial charge on any atom is -0.368 e. The SMILES string of the molecule is [CH2]CCCNc1nc(-c2cc(-c3ccon3)n(Cc3ccccc3F)n2)ncc1F. The molecule has 0 bridgehead atoms. The topological polar surface area (TPSA) is 81.7 Å². The van der Waals surface area contributed by atoms with Crippen LogP contribution in [0.1, 0.15) is 18.4 Å². The Labute approximate surface area is 171 Å². The fourth-order valence-electron chi connectivity index (χ4n) is 2.93. The molecule has 0 aliphatic rings. The lowest BCUT2D eigenvalue weighted by Gasteiger charge is -2.07. The second kappa shape index (κ2) is 8.81. The molecule has 3 aromatic heterocycles. The van der Waals surface area contributed by atoms with Gasteiger partial charge >= 0.3 is 0 Å². The smallest absolute Gasteiger partial charge is 0.183 e. The van der Waals surface area contributed by atoms with Gasteiger partial charge in [-0.15, -0.1) is 0 Å². The molecular formula is C21H19F2N6O. The first-order valence-corrected chi connectivity index (χ1v) is 9.43. The van der Waals surface area contributed by atoms with E-state index in [1.54, 1.807) is 35.0 Å². The average Bonchev–Trinajstić information content (AvgIpc) is 3.41. The van der Waals surface area contributed by atoms with Crippen molar-refractivity contribution in [3.05, 3.63) is 73.0 Å². The molecule has 30 heavy (non-hydrogen) atoms. The van der Waals surface area contributed by atoms with Crippen LogP contribution in [0.5, 0.6) is 0 Å². The van der Waals surface area contributed by atoms with Crippen molar-refractivity contribution in [1.82, 2.24) is 24.9 Å². The lowest BCUT2D eigenvalue weighted by molar-refractivity contribution is 0.421. The Kier molecular flexibility index (Phi) is 5.78. The largest absolute Gasteiger partial charge is 0.368 e. The van der Waals surface area contributed by atoms with Crippen molar-refractivity contribution in [3.8, 4) is 22.9 Å². The van der Waals surface area contributed by atoms with Gasteiger partial charge in [-0.1, -0.05) is 36.7 Å². The Morgan fingerprint density at radius 1 is 1.10 bits per heavy atom. The number of nitrogens with zero attached hydrogens (tertiary/aromatic N) is 5. The lowest BCUT2D eigenvalue weighted by Crippen LogP contribution is -2.08. The molecule has 0 aliphatic carbocycles. The Hall–Kier alpha value is -3.62. The minimum atomic E-state index is -0.551. The molecule has 1 radical (unpaired) electrons. The molecule has 0 amide bonds. The maximum Gasteiger partial charge on any atom is 0.183 e. The molecule has 0 saturated heterocycles. The quantitative estimate of drug-likeness (QED) is 0.436. The van der Waals surface area contributed by atoms with Gasteiger partial charge in [0, 0.05) is 18.2 Å². The van der Waals surface area contributed by atoms with Crippen LogP contribution in [0.15, 0.2) is 53.4 Å². The molecule has 153 valence electrons. The second-order valence-corrected chi connectivity index (χ2v) is 6.57. The van der Waals surface area contributed by atoms with Gasteiger partial charge in [0.2, 0.25) is 0 Å². The van der Waals surface area contributed by atoms with Crippen molar-refractivity contribution >= 4 is 5.82 Å². The zero-order valence-corrected chi connectivity index (χ0v) is 16.1. The molecule has 0 saturated carbocycles. The Bertz CT molecular complexity index is 1130. The molecule has 4 rings (SSSR count). The lowest BCUT2D eigenvalue weighted by atomic mass is 10.2. The third-order valence-corrected chi connectivity index (χ3v) is 4.45.